The Hall–Kier alpha value is -3.04. The van der Waals surface area contributed by atoms with Crippen LogP contribution in [0.2, 0.25) is 0 Å². The first-order valence-corrected chi connectivity index (χ1v) is 9.90. The molecule has 0 saturated carbocycles. The average Bonchev–Trinajstić information content (AvgIpc) is 2.80. The molecule has 2 heterocycles. The zero-order valence-electron chi connectivity index (χ0n) is 17.9. The minimum absolute atomic E-state index is 0.00961. The third-order valence-corrected chi connectivity index (χ3v) is 5.16. The lowest BCUT2D eigenvalue weighted by Crippen LogP contribution is -2.41. The molecule has 3 rings (SSSR count). The van der Waals surface area contributed by atoms with Gasteiger partial charge in [0.25, 0.3) is 0 Å². The van der Waals surface area contributed by atoms with Crippen LogP contribution in [0.4, 0.5) is 0 Å². The molecule has 1 aliphatic rings. The number of morpholine rings is 1. The van der Waals surface area contributed by atoms with Crippen LogP contribution in [0, 0.1) is 0 Å². The Kier molecular flexibility index (Phi) is 7.54. The maximum Gasteiger partial charge on any atom is 0.227 e. The highest BCUT2D eigenvalue weighted by Crippen LogP contribution is 2.39. The van der Waals surface area contributed by atoms with E-state index in [4.69, 9.17) is 23.4 Å². The molecule has 0 aliphatic carbocycles. The topological polar surface area (TPSA) is 108 Å². The van der Waals surface area contributed by atoms with E-state index >= 15 is 0 Å². The smallest absolute Gasteiger partial charge is 0.227 e. The summed E-state index contributed by atoms with van der Waals surface area (Å²) >= 11 is 0. The number of benzene rings is 1. The van der Waals surface area contributed by atoms with E-state index in [1.807, 2.05) is 0 Å². The molecule has 168 valence electrons. The molecule has 31 heavy (non-hydrogen) atoms. The Labute approximate surface area is 180 Å². The Morgan fingerprint density at radius 3 is 2.55 bits per heavy atom. The third kappa shape index (κ3) is 5.18. The maximum atomic E-state index is 13.1. The number of hydrogen-bond acceptors (Lipinski definition) is 8. The van der Waals surface area contributed by atoms with Crippen molar-refractivity contribution >= 4 is 5.91 Å². The highest BCUT2D eigenvalue weighted by Gasteiger charge is 2.31. The molecule has 1 aliphatic heterocycles. The van der Waals surface area contributed by atoms with Gasteiger partial charge in [-0.2, -0.15) is 0 Å². The molecule has 0 bridgehead atoms. The molecule has 1 saturated heterocycles. The molecule has 1 amide bonds. The number of ether oxygens (including phenoxy) is 4. The molecule has 1 aromatic heterocycles. The number of hydrogen-bond donors (Lipinski definition) is 1. The first kappa shape index (κ1) is 22.6. The molecule has 0 spiro atoms. The highest BCUT2D eigenvalue weighted by molar-refractivity contribution is 5.78. The van der Waals surface area contributed by atoms with Crippen molar-refractivity contribution in [3.8, 4) is 17.2 Å². The van der Waals surface area contributed by atoms with E-state index in [9.17, 15) is 14.7 Å². The van der Waals surface area contributed by atoms with E-state index in [1.54, 1.807) is 23.1 Å². The second-order valence-corrected chi connectivity index (χ2v) is 7.08. The second kappa shape index (κ2) is 10.3. The third-order valence-electron chi connectivity index (χ3n) is 5.16. The number of carbonyl (C=O) groups excluding carboxylic acids is 1. The van der Waals surface area contributed by atoms with Crippen molar-refractivity contribution in [2.45, 2.75) is 18.9 Å². The lowest BCUT2D eigenvalue weighted by Gasteiger charge is -2.29. The summed E-state index contributed by atoms with van der Waals surface area (Å²) in [5, 5.41) is 10.6. The maximum absolute atomic E-state index is 13.1. The van der Waals surface area contributed by atoms with Crippen LogP contribution in [0.3, 0.4) is 0 Å². The summed E-state index contributed by atoms with van der Waals surface area (Å²) in [4.78, 5) is 27.1. The number of aromatic hydroxyl groups is 1. The van der Waals surface area contributed by atoms with E-state index in [0.717, 1.165) is 0 Å². The molecule has 2 aromatic rings. The molecular formula is C22H27NO8. The Balaban J connectivity index is 2.09. The van der Waals surface area contributed by atoms with Crippen molar-refractivity contribution in [3.63, 3.8) is 0 Å². The van der Waals surface area contributed by atoms with E-state index in [2.05, 4.69) is 0 Å². The van der Waals surface area contributed by atoms with Gasteiger partial charge in [-0.25, -0.2) is 0 Å². The van der Waals surface area contributed by atoms with E-state index in [1.165, 1.54) is 27.4 Å². The van der Waals surface area contributed by atoms with Crippen LogP contribution in [0.5, 0.6) is 17.2 Å². The van der Waals surface area contributed by atoms with Gasteiger partial charge in [-0.3, -0.25) is 9.59 Å². The molecule has 1 atom stereocenters. The van der Waals surface area contributed by atoms with Gasteiger partial charge in [0.15, 0.2) is 5.76 Å². The zero-order chi connectivity index (χ0) is 22.4. The lowest BCUT2D eigenvalue weighted by molar-refractivity contribution is -0.135. The number of rotatable bonds is 8. The normalized spacial score (nSPS) is 14.9. The minimum Gasteiger partial charge on any atom is -0.502 e. The molecule has 1 N–H and O–H groups in total. The summed E-state index contributed by atoms with van der Waals surface area (Å²) in [6, 6.07) is 6.31. The van der Waals surface area contributed by atoms with Gasteiger partial charge in [-0.15, -0.1) is 0 Å². The fourth-order valence-electron chi connectivity index (χ4n) is 3.57. The van der Waals surface area contributed by atoms with E-state index < -0.39 is 17.1 Å². The molecule has 1 fully saturated rings. The molecule has 0 radical (unpaired) electrons. The van der Waals surface area contributed by atoms with E-state index in [0.29, 0.717) is 43.4 Å². The molecule has 9 heteroatoms. The SMILES string of the molecule is COCc1cc(=O)c(O)c(C(CC(=O)N2CCOCC2)c2ccc(OC)cc2OC)o1. The van der Waals surface area contributed by atoms with Crippen molar-refractivity contribution in [1.29, 1.82) is 0 Å². The summed E-state index contributed by atoms with van der Waals surface area (Å²) in [6.07, 6.45) is -0.0321. The molecule has 1 aromatic carbocycles. The van der Waals surface area contributed by atoms with Crippen molar-refractivity contribution < 1.29 is 33.3 Å². The Morgan fingerprint density at radius 2 is 1.90 bits per heavy atom. The van der Waals surface area contributed by atoms with Crippen LogP contribution in [0.1, 0.15) is 29.4 Å². The zero-order valence-corrected chi connectivity index (χ0v) is 17.9. The predicted octanol–water partition coefficient (Wildman–Crippen LogP) is 1.89. The largest absolute Gasteiger partial charge is 0.502 e. The van der Waals surface area contributed by atoms with Crippen LogP contribution in [-0.4, -0.2) is 63.5 Å². The van der Waals surface area contributed by atoms with Gasteiger partial charge in [0.05, 0.1) is 33.4 Å². The monoisotopic (exact) mass is 433 g/mol. The summed E-state index contributed by atoms with van der Waals surface area (Å²) in [6.45, 7) is 1.93. The van der Waals surface area contributed by atoms with Gasteiger partial charge in [0, 0.05) is 44.3 Å². The summed E-state index contributed by atoms with van der Waals surface area (Å²) in [7, 11) is 4.50. The predicted molar refractivity (Wildman–Crippen MR) is 111 cm³/mol. The van der Waals surface area contributed by atoms with Gasteiger partial charge in [-0.05, 0) is 6.07 Å². The molecular weight excluding hydrogens is 406 g/mol. The van der Waals surface area contributed by atoms with Crippen molar-refractivity contribution in [2.24, 2.45) is 0 Å². The quantitative estimate of drug-likeness (QED) is 0.673. The number of amides is 1. The van der Waals surface area contributed by atoms with Gasteiger partial charge in [0.1, 0.15) is 23.9 Å². The molecule has 9 nitrogen and oxygen atoms in total. The Bertz CT molecular complexity index is 964. The van der Waals surface area contributed by atoms with Gasteiger partial charge in [0.2, 0.25) is 17.1 Å². The van der Waals surface area contributed by atoms with Crippen LogP contribution >= 0.6 is 0 Å². The standard InChI is InChI=1S/C22H27NO8/c1-27-13-15-10-18(24)21(26)22(31-15)17(12-20(25)23-6-8-30-9-7-23)16-5-4-14(28-2)11-19(16)29-3/h4-5,10-11,17,26H,6-9,12-13H2,1-3H3. The second-order valence-electron chi connectivity index (χ2n) is 7.08. The van der Waals surface area contributed by atoms with Gasteiger partial charge in [-0.1, -0.05) is 6.07 Å². The van der Waals surface area contributed by atoms with Crippen LogP contribution < -0.4 is 14.9 Å². The average molecular weight is 433 g/mol. The lowest BCUT2D eigenvalue weighted by atomic mass is 9.90. The molecule has 1 unspecified atom stereocenters. The minimum atomic E-state index is -0.763. The number of nitrogens with zero attached hydrogens (tertiary/aromatic N) is 1. The van der Waals surface area contributed by atoms with Crippen molar-refractivity contribution in [2.75, 3.05) is 47.6 Å². The summed E-state index contributed by atoms with van der Waals surface area (Å²) in [5.41, 5.74) is -0.0254. The van der Waals surface area contributed by atoms with Crippen molar-refractivity contribution in [1.82, 2.24) is 4.90 Å². The fraction of sp³-hybridized carbons (Fsp3) is 0.455. The number of carbonyl (C=O) groups is 1. The Morgan fingerprint density at radius 1 is 1.16 bits per heavy atom. The van der Waals surface area contributed by atoms with Crippen molar-refractivity contribution in [3.05, 3.63) is 51.6 Å². The first-order valence-electron chi connectivity index (χ1n) is 9.90. The summed E-state index contributed by atoms with van der Waals surface area (Å²) < 4.78 is 27.0. The van der Waals surface area contributed by atoms with Crippen LogP contribution in [-0.2, 0) is 20.9 Å². The van der Waals surface area contributed by atoms with Gasteiger partial charge >= 0.3 is 0 Å². The fourth-order valence-corrected chi connectivity index (χ4v) is 3.57. The van der Waals surface area contributed by atoms with Crippen LogP contribution in [0.15, 0.2) is 33.5 Å². The summed E-state index contributed by atoms with van der Waals surface area (Å²) in [5.74, 6) is -0.208. The van der Waals surface area contributed by atoms with E-state index in [-0.39, 0.29) is 30.5 Å². The first-order chi connectivity index (χ1) is 15.0. The van der Waals surface area contributed by atoms with Crippen LogP contribution in [0.25, 0.3) is 0 Å². The number of methoxy groups -OCH3 is 3. The van der Waals surface area contributed by atoms with Gasteiger partial charge < -0.3 is 33.4 Å². The highest BCUT2D eigenvalue weighted by atomic mass is 16.5.